The molecule has 0 aromatic heterocycles. The maximum absolute atomic E-state index is 12.6. The van der Waals surface area contributed by atoms with Gasteiger partial charge in [0.15, 0.2) is 0 Å². The van der Waals surface area contributed by atoms with Crippen molar-refractivity contribution >= 4 is 15.9 Å². The highest BCUT2D eigenvalue weighted by atomic mass is 32.2. The minimum absolute atomic E-state index is 0.0159. The lowest BCUT2D eigenvalue weighted by Gasteiger charge is -2.26. The average molecular weight is 366 g/mol. The minimum Gasteiger partial charge on any atom is -0.378 e. The van der Waals surface area contributed by atoms with Crippen molar-refractivity contribution in [3.8, 4) is 0 Å². The fourth-order valence-electron chi connectivity index (χ4n) is 3.41. The molecule has 1 aromatic carbocycles. The van der Waals surface area contributed by atoms with Crippen molar-refractivity contribution in [1.29, 1.82) is 0 Å². The average Bonchev–Trinajstić information content (AvgIpc) is 2.90. The zero-order valence-electron chi connectivity index (χ0n) is 14.4. The number of benzene rings is 1. The number of hydrogen-bond acceptors (Lipinski definition) is 4. The molecule has 0 spiro atoms. The number of sulfonamides is 1. The van der Waals surface area contributed by atoms with Crippen molar-refractivity contribution in [3.63, 3.8) is 0 Å². The van der Waals surface area contributed by atoms with Crippen molar-refractivity contribution < 1.29 is 17.9 Å². The summed E-state index contributed by atoms with van der Waals surface area (Å²) >= 11 is 0. The highest BCUT2D eigenvalue weighted by Crippen LogP contribution is 2.20. The molecule has 1 aliphatic carbocycles. The van der Waals surface area contributed by atoms with E-state index in [1.54, 1.807) is 17.0 Å². The Hall–Kier alpha value is -1.44. The molecule has 1 aromatic rings. The third-order valence-electron chi connectivity index (χ3n) is 4.89. The molecule has 138 valence electrons. The predicted molar refractivity (Wildman–Crippen MR) is 95.0 cm³/mol. The Morgan fingerprint density at radius 1 is 1.00 bits per heavy atom. The van der Waals surface area contributed by atoms with E-state index in [2.05, 4.69) is 4.72 Å². The number of nitrogens with one attached hydrogen (secondary N) is 1. The quantitative estimate of drug-likeness (QED) is 0.829. The van der Waals surface area contributed by atoms with E-state index in [-0.39, 0.29) is 16.8 Å². The van der Waals surface area contributed by atoms with E-state index < -0.39 is 10.0 Å². The summed E-state index contributed by atoms with van der Waals surface area (Å²) in [5.74, 6) is -0.0797. The van der Waals surface area contributed by atoms with Crippen LogP contribution in [-0.4, -0.2) is 51.6 Å². The first-order valence-electron chi connectivity index (χ1n) is 9.06. The van der Waals surface area contributed by atoms with Crippen LogP contribution in [0, 0.1) is 0 Å². The van der Waals surface area contributed by atoms with Crippen LogP contribution in [0.25, 0.3) is 0 Å². The van der Waals surface area contributed by atoms with Crippen LogP contribution in [0.1, 0.15) is 48.9 Å². The number of rotatable bonds is 4. The third kappa shape index (κ3) is 4.80. The van der Waals surface area contributed by atoms with Crippen LogP contribution in [0.4, 0.5) is 0 Å². The number of ether oxygens (including phenoxy) is 1. The van der Waals surface area contributed by atoms with E-state index in [1.165, 1.54) is 25.0 Å². The van der Waals surface area contributed by atoms with Gasteiger partial charge in [0.05, 0.1) is 18.1 Å². The molecule has 7 heteroatoms. The van der Waals surface area contributed by atoms with Gasteiger partial charge in [0.2, 0.25) is 10.0 Å². The Labute approximate surface area is 149 Å². The second-order valence-corrected chi connectivity index (χ2v) is 8.45. The molecular formula is C18H26N2O4S. The first-order valence-corrected chi connectivity index (χ1v) is 10.5. The molecule has 6 nitrogen and oxygen atoms in total. The lowest BCUT2D eigenvalue weighted by molar-refractivity contribution is 0.0303. The molecule has 1 saturated heterocycles. The van der Waals surface area contributed by atoms with Gasteiger partial charge in [-0.1, -0.05) is 25.7 Å². The maximum atomic E-state index is 12.6. The molecule has 1 heterocycles. The Balaban J connectivity index is 1.66. The van der Waals surface area contributed by atoms with E-state index in [1.807, 2.05) is 0 Å². The van der Waals surface area contributed by atoms with Gasteiger partial charge >= 0.3 is 0 Å². The lowest BCUT2D eigenvalue weighted by Crippen LogP contribution is -2.40. The highest BCUT2D eigenvalue weighted by molar-refractivity contribution is 7.89. The van der Waals surface area contributed by atoms with Crippen molar-refractivity contribution in [1.82, 2.24) is 9.62 Å². The van der Waals surface area contributed by atoms with Crippen molar-refractivity contribution in [2.45, 2.75) is 49.5 Å². The summed E-state index contributed by atoms with van der Waals surface area (Å²) in [6.07, 6.45) is 6.28. The van der Waals surface area contributed by atoms with Crippen molar-refractivity contribution in [2.24, 2.45) is 0 Å². The molecular weight excluding hydrogens is 340 g/mol. The molecule has 25 heavy (non-hydrogen) atoms. The molecule has 0 bridgehead atoms. The van der Waals surface area contributed by atoms with Crippen molar-refractivity contribution in [3.05, 3.63) is 29.8 Å². The molecule has 0 atom stereocenters. The van der Waals surface area contributed by atoms with Crippen LogP contribution >= 0.6 is 0 Å². The molecule has 1 aliphatic heterocycles. The molecule has 1 N–H and O–H groups in total. The fourth-order valence-corrected chi connectivity index (χ4v) is 4.72. The Morgan fingerprint density at radius 3 is 2.20 bits per heavy atom. The monoisotopic (exact) mass is 366 g/mol. The van der Waals surface area contributed by atoms with Gasteiger partial charge in [-0.05, 0) is 37.1 Å². The van der Waals surface area contributed by atoms with E-state index in [0.717, 1.165) is 25.7 Å². The standard InChI is InChI=1S/C18H26N2O4S/c21-18(20-11-13-24-14-12-20)15-7-9-17(10-8-15)25(22,23)19-16-5-3-1-2-4-6-16/h7-10,16,19H,1-6,11-14H2. The first-order chi connectivity index (χ1) is 12.1. The summed E-state index contributed by atoms with van der Waals surface area (Å²) < 4.78 is 33.2. The zero-order valence-corrected chi connectivity index (χ0v) is 15.3. The molecule has 0 radical (unpaired) electrons. The van der Waals surface area contributed by atoms with E-state index in [4.69, 9.17) is 4.74 Å². The molecule has 0 unspecified atom stereocenters. The zero-order chi connectivity index (χ0) is 17.7. The Bertz CT molecular complexity index is 674. The Kier molecular flexibility index (Phi) is 6.09. The first kappa shape index (κ1) is 18.4. The topological polar surface area (TPSA) is 75.7 Å². The maximum Gasteiger partial charge on any atom is 0.254 e. The number of hydrogen-bond donors (Lipinski definition) is 1. The summed E-state index contributed by atoms with van der Waals surface area (Å²) in [7, 11) is -3.54. The SMILES string of the molecule is O=C(c1ccc(S(=O)(=O)NC2CCCCCC2)cc1)N1CCOCC1. The number of amides is 1. The van der Waals surface area contributed by atoms with Crippen LogP contribution in [0.3, 0.4) is 0 Å². The molecule has 2 fully saturated rings. The highest BCUT2D eigenvalue weighted by Gasteiger charge is 2.22. The number of carbonyl (C=O) groups excluding carboxylic acids is 1. The van der Waals surface area contributed by atoms with Gasteiger partial charge in [-0.15, -0.1) is 0 Å². The number of nitrogens with zero attached hydrogens (tertiary/aromatic N) is 1. The largest absolute Gasteiger partial charge is 0.378 e. The number of carbonyl (C=O) groups is 1. The van der Waals surface area contributed by atoms with Gasteiger partial charge in [0, 0.05) is 24.7 Å². The lowest BCUT2D eigenvalue weighted by atomic mass is 10.1. The molecule has 1 amide bonds. The van der Waals surface area contributed by atoms with Crippen LogP contribution < -0.4 is 4.72 Å². The van der Waals surface area contributed by atoms with Gasteiger partial charge in [-0.3, -0.25) is 4.79 Å². The second kappa shape index (κ2) is 8.29. The second-order valence-electron chi connectivity index (χ2n) is 6.74. The molecule has 1 saturated carbocycles. The van der Waals surface area contributed by atoms with E-state index in [9.17, 15) is 13.2 Å². The third-order valence-corrected chi connectivity index (χ3v) is 6.42. The van der Waals surface area contributed by atoms with Crippen LogP contribution in [0.5, 0.6) is 0 Å². The van der Waals surface area contributed by atoms with Gasteiger partial charge in [-0.2, -0.15) is 0 Å². The van der Waals surface area contributed by atoms with Gasteiger partial charge in [-0.25, -0.2) is 13.1 Å². The van der Waals surface area contributed by atoms with E-state index in [0.29, 0.717) is 31.9 Å². The van der Waals surface area contributed by atoms with Crippen LogP contribution in [-0.2, 0) is 14.8 Å². The summed E-state index contributed by atoms with van der Waals surface area (Å²) in [5.41, 5.74) is 0.510. The summed E-state index contributed by atoms with van der Waals surface area (Å²) in [4.78, 5) is 14.4. The molecule has 2 aliphatic rings. The molecule has 3 rings (SSSR count). The van der Waals surface area contributed by atoms with E-state index >= 15 is 0 Å². The van der Waals surface area contributed by atoms with Crippen LogP contribution in [0.2, 0.25) is 0 Å². The van der Waals surface area contributed by atoms with Gasteiger partial charge < -0.3 is 9.64 Å². The van der Waals surface area contributed by atoms with Crippen LogP contribution in [0.15, 0.2) is 29.2 Å². The smallest absolute Gasteiger partial charge is 0.254 e. The summed E-state index contributed by atoms with van der Waals surface area (Å²) in [6, 6.07) is 6.25. The normalized spacial score (nSPS) is 20.2. The van der Waals surface area contributed by atoms with Gasteiger partial charge in [0.25, 0.3) is 5.91 Å². The summed E-state index contributed by atoms with van der Waals surface area (Å²) in [5, 5.41) is 0. The summed E-state index contributed by atoms with van der Waals surface area (Å²) in [6.45, 7) is 2.23. The van der Waals surface area contributed by atoms with Crippen molar-refractivity contribution in [2.75, 3.05) is 26.3 Å². The number of morpholine rings is 1. The van der Waals surface area contributed by atoms with Gasteiger partial charge in [0.1, 0.15) is 0 Å². The Morgan fingerprint density at radius 2 is 1.60 bits per heavy atom. The predicted octanol–water partition coefficient (Wildman–Crippen LogP) is 2.16. The fraction of sp³-hybridized carbons (Fsp3) is 0.611. The minimum atomic E-state index is -3.54.